The molecule has 1 nitrogen and oxygen atoms in total. The zero-order chi connectivity index (χ0) is 26.7. The van der Waals surface area contributed by atoms with Gasteiger partial charge in [-0.15, -0.1) is 13.2 Å². The van der Waals surface area contributed by atoms with Crippen molar-refractivity contribution in [2.24, 2.45) is 23.2 Å². The highest BCUT2D eigenvalue weighted by atomic mass is 14.3. The van der Waals surface area contributed by atoms with Crippen LogP contribution in [0.15, 0.2) is 43.0 Å². The van der Waals surface area contributed by atoms with E-state index in [1.807, 2.05) is 45.9 Å². The summed E-state index contributed by atoms with van der Waals surface area (Å²) in [5.41, 5.74) is 4.86. The Balaban J connectivity index is 0. The molecule has 0 aromatic heterocycles. The monoisotopic (exact) mass is 467 g/mol. The van der Waals surface area contributed by atoms with Gasteiger partial charge in [0.15, 0.2) is 0 Å². The van der Waals surface area contributed by atoms with Crippen LogP contribution >= 0.6 is 0 Å². The second-order valence-electron chi connectivity index (χ2n) is 11.4. The minimum absolute atomic E-state index is 0.542. The molecule has 1 aliphatic rings. The third-order valence-corrected chi connectivity index (χ3v) is 6.66. The normalized spacial score (nSPS) is 19.0. The highest BCUT2D eigenvalue weighted by Crippen LogP contribution is 2.38. The van der Waals surface area contributed by atoms with Crippen LogP contribution in [0.1, 0.15) is 123 Å². The SMILES string of the molecule is C=C(C)C.C=CC1CCC(CC)CC1CCCC.CCC(C)(C)C.Cc1ccc(C#N)cc1C. The van der Waals surface area contributed by atoms with E-state index in [9.17, 15) is 0 Å². The summed E-state index contributed by atoms with van der Waals surface area (Å²) in [6.07, 6.45) is 13.4. The smallest absolute Gasteiger partial charge is 0.0991 e. The van der Waals surface area contributed by atoms with Crippen molar-refractivity contribution in [3.8, 4) is 6.07 Å². The summed E-state index contributed by atoms with van der Waals surface area (Å²) in [5, 5.41) is 8.50. The predicted molar refractivity (Wildman–Crippen MR) is 155 cm³/mol. The molecule has 2 rings (SSSR count). The number of allylic oxidation sites excluding steroid dienone is 2. The molecule has 0 heterocycles. The molecule has 3 atom stereocenters. The summed E-state index contributed by atoms with van der Waals surface area (Å²) in [7, 11) is 0. The van der Waals surface area contributed by atoms with Crippen LogP contribution in [0, 0.1) is 48.3 Å². The van der Waals surface area contributed by atoms with Gasteiger partial charge >= 0.3 is 0 Å². The van der Waals surface area contributed by atoms with Gasteiger partial charge < -0.3 is 0 Å². The van der Waals surface area contributed by atoms with Gasteiger partial charge in [0, 0.05) is 0 Å². The molecule has 3 unspecified atom stereocenters. The second kappa shape index (κ2) is 19.5. The molecule has 1 saturated carbocycles. The first-order valence-corrected chi connectivity index (χ1v) is 13.6. The Morgan fingerprint density at radius 1 is 1.09 bits per heavy atom. The van der Waals surface area contributed by atoms with Gasteiger partial charge in [-0.25, -0.2) is 0 Å². The molecule has 194 valence electrons. The Kier molecular flexibility index (Phi) is 19.7. The van der Waals surface area contributed by atoms with Gasteiger partial charge in [-0.2, -0.15) is 5.26 Å². The Morgan fingerprint density at radius 2 is 1.65 bits per heavy atom. The Morgan fingerprint density at radius 3 is 2.03 bits per heavy atom. The lowest BCUT2D eigenvalue weighted by Crippen LogP contribution is -2.23. The number of aryl methyl sites for hydroxylation is 2. The van der Waals surface area contributed by atoms with Crippen LogP contribution in [0.5, 0.6) is 0 Å². The fourth-order valence-corrected chi connectivity index (χ4v) is 3.67. The number of nitriles is 1. The summed E-state index contributed by atoms with van der Waals surface area (Å²) in [5.74, 6) is 2.78. The number of nitrogens with zero attached hydrogens (tertiary/aromatic N) is 1. The molecule has 1 aliphatic carbocycles. The van der Waals surface area contributed by atoms with Gasteiger partial charge in [0.05, 0.1) is 11.6 Å². The third-order valence-electron chi connectivity index (χ3n) is 6.66. The van der Waals surface area contributed by atoms with Crippen molar-refractivity contribution in [3.05, 3.63) is 59.7 Å². The third kappa shape index (κ3) is 18.6. The first-order valence-electron chi connectivity index (χ1n) is 13.6. The van der Waals surface area contributed by atoms with Crippen LogP contribution < -0.4 is 0 Å². The van der Waals surface area contributed by atoms with Crippen molar-refractivity contribution in [1.82, 2.24) is 0 Å². The molecule has 1 aromatic rings. The van der Waals surface area contributed by atoms with E-state index in [-0.39, 0.29) is 0 Å². The lowest BCUT2D eigenvalue weighted by molar-refractivity contribution is 0.196. The first kappa shape index (κ1) is 34.4. The molecule has 0 bridgehead atoms. The number of unbranched alkanes of at least 4 members (excludes halogenated alkanes) is 1. The molecule has 1 heteroatoms. The van der Waals surface area contributed by atoms with E-state index in [2.05, 4.69) is 66.8 Å². The van der Waals surface area contributed by atoms with Crippen molar-refractivity contribution in [2.45, 2.75) is 121 Å². The lowest BCUT2D eigenvalue weighted by atomic mass is 9.71. The zero-order valence-electron chi connectivity index (χ0n) is 24.6. The standard InChI is InChI=1S/C14H26.C9H9N.C6H14.C4H8/c1-4-7-8-14-11-12(5-2)9-10-13(14)6-3;1-7-3-4-9(6-10)5-8(7)2;1-5-6(2,3)4;1-4(2)3/h6,12-14H,3-5,7-11H2,1-2H3;3-5H,1-2H3;5H2,1-4H3;1H2,2-3H3. The summed E-state index contributed by atoms with van der Waals surface area (Å²) >= 11 is 0. The molecule has 0 radical (unpaired) electrons. The molecule has 0 spiro atoms. The van der Waals surface area contributed by atoms with Gasteiger partial charge in [0.1, 0.15) is 0 Å². The molecule has 1 fully saturated rings. The second-order valence-corrected chi connectivity index (χ2v) is 11.4. The van der Waals surface area contributed by atoms with Crippen LogP contribution in [0.25, 0.3) is 0 Å². The zero-order valence-corrected chi connectivity index (χ0v) is 24.6. The topological polar surface area (TPSA) is 23.8 Å². The van der Waals surface area contributed by atoms with E-state index in [1.54, 1.807) is 0 Å². The van der Waals surface area contributed by atoms with E-state index in [0.29, 0.717) is 5.41 Å². The number of hydrogen-bond acceptors (Lipinski definition) is 1. The van der Waals surface area contributed by atoms with Crippen molar-refractivity contribution in [2.75, 3.05) is 0 Å². The minimum atomic E-state index is 0.542. The molecular formula is C33H57N. The molecule has 0 N–H and O–H groups in total. The average Bonchev–Trinajstić information content (AvgIpc) is 2.79. The van der Waals surface area contributed by atoms with Crippen molar-refractivity contribution < 1.29 is 0 Å². The van der Waals surface area contributed by atoms with Gasteiger partial charge in [-0.05, 0) is 99.8 Å². The van der Waals surface area contributed by atoms with Gasteiger partial charge in [0.25, 0.3) is 0 Å². The maximum atomic E-state index is 8.50. The van der Waals surface area contributed by atoms with Crippen molar-refractivity contribution >= 4 is 0 Å². The van der Waals surface area contributed by atoms with E-state index < -0.39 is 0 Å². The predicted octanol–water partition coefficient (Wildman–Crippen LogP) is 11.0. The van der Waals surface area contributed by atoms with Gasteiger partial charge in [0.2, 0.25) is 0 Å². The number of hydrogen-bond donors (Lipinski definition) is 0. The van der Waals surface area contributed by atoms with Crippen molar-refractivity contribution in [3.63, 3.8) is 0 Å². The van der Waals surface area contributed by atoms with E-state index in [4.69, 9.17) is 5.26 Å². The number of benzene rings is 1. The van der Waals surface area contributed by atoms with Crippen LogP contribution in [0.4, 0.5) is 0 Å². The van der Waals surface area contributed by atoms with Gasteiger partial charge in [-0.3, -0.25) is 0 Å². The first-order chi connectivity index (χ1) is 15.8. The fourth-order valence-electron chi connectivity index (χ4n) is 3.67. The van der Waals surface area contributed by atoms with E-state index in [0.717, 1.165) is 23.3 Å². The maximum absolute atomic E-state index is 8.50. The van der Waals surface area contributed by atoms with Crippen LogP contribution in [0.2, 0.25) is 0 Å². The Bertz CT molecular complexity index is 709. The highest BCUT2D eigenvalue weighted by molar-refractivity contribution is 5.36. The van der Waals surface area contributed by atoms with Crippen LogP contribution in [0.3, 0.4) is 0 Å². The molecule has 0 saturated heterocycles. The molecule has 34 heavy (non-hydrogen) atoms. The minimum Gasteiger partial charge on any atom is -0.192 e. The largest absolute Gasteiger partial charge is 0.192 e. The summed E-state index contributed by atoms with van der Waals surface area (Å²) < 4.78 is 0. The maximum Gasteiger partial charge on any atom is 0.0991 e. The molecule has 1 aromatic carbocycles. The number of rotatable bonds is 5. The molecule has 0 aliphatic heterocycles. The van der Waals surface area contributed by atoms with Gasteiger partial charge in [-0.1, -0.05) is 84.9 Å². The van der Waals surface area contributed by atoms with Crippen molar-refractivity contribution in [1.29, 1.82) is 5.26 Å². The molecule has 0 amide bonds. The average molecular weight is 468 g/mol. The summed E-state index contributed by atoms with van der Waals surface area (Å²) in [6, 6.07) is 7.79. The fraction of sp³-hybridized carbons (Fsp3) is 0.667. The quantitative estimate of drug-likeness (QED) is 0.395. The molecular weight excluding hydrogens is 410 g/mol. The summed E-state index contributed by atoms with van der Waals surface area (Å²) in [4.78, 5) is 0. The van der Waals surface area contributed by atoms with Crippen LogP contribution in [-0.4, -0.2) is 0 Å². The van der Waals surface area contributed by atoms with E-state index in [1.165, 1.54) is 68.1 Å². The lowest BCUT2D eigenvalue weighted by Gasteiger charge is -2.34. The van der Waals surface area contributed by atoms with Crippen LogP contribution in [-0.2, 0) is 0 Å². The highest BCUT2D eigenvalue weighted by Gasteiger charge is 2.27. The van der Waals surface area contributed by atoms with E-state index >= 15 is 0 Å². The summed E-state index contributed by atoms with van der Waals surface area (Å²) in [6.45, 7) is 29.1. The Labute approximate surface area is 214 Å². The Hall–Kier alpha value is -1.81.